The zero-order chi connectivity index (χ0) is 12.4. The van der Waals surface area contributed by atoms with Gasteiger partial charge in [-0.2, -0.15) is 4.39 Å². The molecule has 0 atom stereocenters. The molecule has 1 aromatic carbocycles. The number of hydrogen-bond acceptors (Lipinski definition) is 3. The van der Waals surface area contributed by atoms with E-state index in [1.54, 1.807) is 0 Å². The summed E-state index contributed by atoms with van der Waals surface area (Å²) in [5, 5.41) is 5.75. The van der Waals surface area contributed by atoms with Crippen LogP contribution in [-0.2, 0) is 0 Å². The summed E-state index contributed by atoms with van der Waals surface area (Å²) in [6.07, 6.45) is 0. The van der Waals surface area contributed by atoms with Crippen molar-refractivity contribution in [1.82, 2.24) is 10.2 Å². The van der Waals surface area contributed by atoms with Crippen molar-refractivity contribution in [2.45, 2.75) is 0 Å². The Kier molecular flexibility index (Phi) is 3.06. The van der Waals surface area contributed by atoms with Crippen molar-refractivity contribution in [2.75, 3.05) is 0 Å². The maximum Gasteiger partial charge on any atom is 0.285 e. The SMILES string of the molecule is O=c1cc(Cl)[nH]nc1Oc1cccc(F)c1F. The molecule has 0 saturated carbocycles. The Hall–Kier alpha value is -1.95. The van der Waals surface area contributed by atoms with Crippen LogP contribution in [0.4, 0.5) is 8.78 Å². The first-order valence-electron chi connectivity index (χ1n) is 4.45. The number of H-pyrrole nitrogens is 1. The van der Waals surface area contributed by atoms with Crippen molar-refractivity contribution < 1.29 is 13.5 Å². The zero-order valence-electron chi connectivity index (χ0n) is 8.21. The third-order valence-electron chi connectivity index (χ3n) is 1.86. The largest absolute Gasteiger partial charge is 0.432 e. The summed E-state index contributed by atoms with van der Waals surface area (Å²) in [5.74, 6) is -3.11. The monoisotopic (exact) mass is 258 g/mol. The quantitative estimate of drug-likeness (QED) is 0.900. The van der Waals surface area contributed by atoms with Crippen LogP contribution < -0.4 is 10.2 Å². The lowest BCUT2D eigenvalue weighted by Gasteiger charge is -2.04. The molecule has 1 N–H and O–H groups in total. The molecular formula is C10H5ClF2N2O2. The lowest BCUT2D eigenvalue weighted by atomic mass is 10.3. The molecule has 0 amide bonds. The summed E-state index contributed by atoms with van der Waals surface area (Å²) in [6.45, 7) is 0. The van der Waals surface area contributed by atoms with E-state index in [9.17, 15) is 13.6 Å². The molecule has 2 aromatic rings. The van der Waals surface area contributed by atoms with E-state index in [4.69, 9.17) is 16.3 Å². The molecule has 2 rings (SSSR count). The molecule has 0 saturated heterocycles. The second kappa shape index (κ2) is 4.50. The molecule has 0 spiro atoms. The van der Waals surface area contributed by atoms with Gasteiger partial charge in [-0.25, -0.2) is 4.39 Å². The van der Waals surface area contributed by atoms with Crippen molar-refractivity contribution >= 4 is 11.6 Å². The van der Waals surface area contributed by atoms with Crippen LogP contribution in [-0.4, -0.2) is 10.2 Å². The Balaban J connectivity index is 2.38. The van der Waals surface area contributed by atoms with Gasteiger partial charge < -0.3 is 4.74 Å². The topological polar surface area (TPSA) is 55.0 Å². The van der Waals surface area contributed by atoms with Crippen LogP contribution in [0.5, 0.6) is 11.6 Å². The Morgan fingerprint density at radius 1 is 1.35 bits per heavy atom. The first kappa shape index (κ1) is 11.5. The standard InChI is InChI=1S/C10H5ClF2N2O2/c11-8-4-6(16)10(15-14-8)17-7-3-1-2-5(12)9(7)13/h1-4H,(H,14,16). The fourth-order valence-corrected chi connectivity index (χ4v) is 1.25. The normalized spacial score (nSPS) is 10.3. The van der Waals surface area contributed by atoms with Crippen LogP contribution in [0, 0.1) is 11.6 Å². The highest BCUT2D eigenvalue weighted by atomic mass is 35.5. The first-order valence-corrected chi connectivity index (χ1v) is 4.83. The zero-order valence-corrected chi connectivity index (χ0v) is 8.96. The predicted molar refractivity (Wildman–Crippen MR) is 56.3 cm³/mol. The van der Waals surface area contributed by atoms with E-state index in [0.29, 0.717) is 0 Å². The van der Waals surface area contributed by atoms with Crippen molar-refractivity contribution in [3.63, 3.8) is 0 Å². The fourth-order valence-electron chi connectivity index (χ4n) is 1.11. The van der Waals surface area contributed by atoms with Crippen molar-refractivity contribution in [1.29, 1.82) is 0 Å². The molecule has 0 aliphatic carbocycles. The van der Waals surface area contributed by atoms with Crippen molar-refractivity contribution in [3.8, 4) is 11.6 Å². The number of benzene rings is 1. The van der Waals surface area contributed by atoms with Crippen LogP contribution in [0.2, 0.25) is 5.15 Å². The average molecular weight is 259 g/mol. The molecule has 0 bridgehead atoms. The molecule has 0 radical (unpaired) electrons. The third kappa shape index (κ3) is 2.42. The van der Waals surface area contributed by atoms with Gasteiger partial charge in [0.15, 0.2) is 11.6 Å². The second-order valence-corrected chi connectivity index (χ2v) is 3.45. The van der Waals surface area contributed by atoms with Gasteiger partial charge in [-0.3, -0.25) is 9.89 Å². The number of aromatic nitrogens is 2. The number of nitrogens with one attached hydrogen (secondary N) is 1. The number of hydrogen-bond donors (Lipinski definition) is 1. The Morgan fingerprint density at radius 2 is 2.12 bits per heavy atom. The molecule has 7 heteroatoms. The highest BCUT2D eigenvalue weighted by molar-refractivity contribution is 6.29. The third-order valence-corrected chi connectivity index (χ3v) is 2.05. The van der Waals surface area contributed by atoms with Gasteiger partial charge in [0.05, 0.1) is 0 Å². The lowest BCUT2D eigenvalue weighted by Crippen LogP contribution is -2.08. The highest BCUT2D eigenvalue weighted by Gasteiger charge is 2.12. The number of ether oxygens (including phenoxy) is 1. The minimum absolute atomic E-state index is 0.0158. The van der Waals surface area contributed by atoms with Gasteiger partial charge in [-0.05, 0) is 12.1 Å². The molecule has 0 aliphatic heterocycles. The maximum atomic E-state index is 13.2. The van der Waals surface area contributed by atoms with Gasteiger partial charge in [-0.15, -0.1) is 5.10 Å². The number of halogens is 3. The van der Waals surface area contributed by atoms with Crippen LogP contribution in [0.1, 0.15) is 0 Å². The molecule has 0 fully saturated rings. The summed E-state index contributed by atoms with van der Waals surface area (Å²) in [6, 6.07) is 4.37. The van der Waals surface area contributed by atoms with E-state index < -0.39 is 28.7 Å². The van der Waals surface area contributed by atoms with Crippen LogP contribution in [0.3, 0.4) is 0 Å². The minimum atomic E-state index is -1.19. The first-order chi connectivity index (χ1) is 8.08. The van der Waals surface area contributed by atoms with Gasteiger partial charge in [0, 0.05) is 6.07 Å². The number of aromatic amines is 1. The molecule has 4 nitrogen and oxygen atoms in total. The van der Waals surface area contributed by atoms with E-state index in [0.717, 1.165) is 12.1 Å². The van der Waals surface area contributed by atoms with Crippen molar-refractivity contribution in [3.05, 3.63) is 51.3 Å². The molecule has 88 valence electrons. The van der Waals surface area contributed by atoms with Gasteiger partial charge in [0.2, 0.25) is 11.2 Å². The molecule has 0 aliphatic rings. The van der Waals surface area contributed by atoms with Crippen LogP contribution >= 0.6 is 11.6 Å². The number of rotatable bonds is 2. The van der Waals surface area contributed by atoms with Gasteiger partial charge in [0.1, 0.15) is 5.15 Å². The van der Waals surface area contributed by atoms with Gasteiger partial charge in [-0.1, -0.05) is 17.7 Å². The van der Waals surface area contributed by atoms with Crippen LogP contribution in [0.25, 0.3) is 0 Å². The maximum absolute atomic E-state index is 13.2. The Morgan fingerprint density at radius 3 is 2.82 bits per heavy atom. The van der Waals surface area contributed by atoms with E-state index >= 15 is 0 Å². The van der Waals surface area contributed by atoms with E-state index in [1.165, 1.54) is 12.1 Å². The molecule has 17 heavy (non-hydrogen) atoms. The minimum Gasteiger partial charge on any atom is -0.432 e. The van der Waals surface area contributed by atoms with E-state index in [1.807, 2.05) is 0 Å². The summed E-state index contributed by atoms with van der Waals surface area (Å²) in [7, 11) is 0. The number of nitrogens with zero attached hydrogens (tertiary/aromatic N) is 1. The Labute approximate surface area is 98.8 Å². The average Bonchev–Trinajstić information content (AvgIpc) is 2.28. The molecular weight excluding hydrogens is 254 g/mol. The van der Waals surface area contributed by atoms with Crippen LogP contribution in [0.15, 0.2) is 29.1 Å². The molecule has 1 heterocycles. The van der Waals surface area contributed by atoms with Crippen molar-refractivity contribution in [2.24, 2.45) is 0 Å². The predicted octanol–water partition coefficient (Wildman–Crippen LogP) is 2.49. The summed E-state index contributed by atoms with van der Waals surface area (Å²) in [5.41, 5.74) is -0.641. The van der Waals surface area contributed by atoms with E-state index in [-0.39, 0.29) is 5.15 Å². The van der Waals surface area contributed by atoms with Gasteiger partial charge >= 0.3 is 0 Å². The summed E-state index contributed by atoms with van der Waals surface area (Å²) in [4.78, 5) is 11.3. The highest BCUT2D eigenvalue weighted by Crippen LogP contribution is 2.22. The lowest BCUT2D eigenvalue weighted by molar-refractivity contribution is 0.398. The second-order valence-electron chi connectivity index (χ2n) is 3.04. The van der Waals surface area contributed by atoms with E-state index in [2.05, 4.69) is 10.2 Å². The fraction of sp³-hybridized carbons (Fsp3) is 0. The Bertz CT molecular complexity index is 615. The smallest absolute Gasteiger partial charge is 0.285 e. The van der Waals surface area contributed by atoms with Gasteiger partial charge in [0.25, 0.3) is 5.88 Å². The summed E-state index contributed by atoms with van der Waals surface area (Å²) < 4.78 is 30.9. The molecule has 0 unspecified atom stereocenters. The molecule has 1 aromatic heterocycles. The summed E-state index contributed by atoms with van der Waals surface area (Å²) >= 11 is 5.47.